The maximum absolute atomic E-state index is 5.75. The lowest BCUT2D eigenvalue weighted by Gasteiger charge is -2.20. The minimum absolute atomic E-state index is 0.0732. The van der Waals surface area contributed by atoms with Crippen LogP contribution in [0.5, 0.6) is 5.88 Å². The molecule has 0 aromatic carbocycles. The molecule has 4 nitrogen and oxygen atoms in total. The minimum Gasteiger partial charge on any atom is -0.473 e. The van der Waals surface area contributed by atoms with Gasteiger partial charge in [0, 0.05) is 18.3 Å². The topological polar surface area (TPSA) is 47.0 Å². The highest BCUT2D eigenvalue weighted by Crippen LogP contribution is 2.12. The summed E-state index contributed by atoms with van der Waals surface area (Å²) in [6, 6.07) is 0. The van der Waals surface area contributed by atoms with E-state index in [4.69, 9.17) is 4.74 Å². The first kappa shape index (κ1) is 14.9. The molecule has 1 aromatic heterocycles. The summed E-state index contributed by atoms with van der Waals surface area (Å²) in [5.74, 6) is 1.06. The first-order valence-electron chi connectivity index (χ1n) is 6.50. The molecule has 0 saturated carbocycles. The third-order valence-electron chi connectivity index (χ3n) is 2.71. The molecule has 0 aliphatic carbocycles. The predicted molar refractivity (Wildman–Crippen MR) is 73.6 cm³/mol. The van der Waals surface area contributed by atoms with E-state index in [1.165, 1.54) is 0 Å². The van der Waals surface area contributed by atoms with Gasteiger partial charge in [-0.2, -0.15) is 0 Å². The third-order valence-corrected chi connectivity index (χ3v) is 2.71. The molecular formula is C14H25N3O. The van der Waals surface area contributed by atoms with E-state index in [1.54, 1.807) is 12.4 Å². The standard InChI is InChI=1S/C14H25N3O/c1-10(2)11(3)18-13-9-15-7-12(17-13)8-16-14(4,5)6/h7,9-11,16H,8H2,1-6H3. The fraction of sp³-hybridized carbons (Fsp3) is 0.714. The van der Waals surface area contributed by atoms with E-state index in [1.807, 2.05) is 6.92 Å². The fourth-order valence-electron chi connectivity index (χ4n) is 1.21. The van der Waals surface area contributed by atoms with Crippen LogP contribution in [-0.2, 0) is 6.54 Å². The smallest absolute Gasteiger partial charge is 0.232 e. The van der Waals surface area contributed by atoms with E-state index in [0.717, 1.165) is 5.69 Å². The summed E-state index contributed by atoms with van der Waals surface area (Å²) >= 11 is 0. The summed E-state index contributed by atoms with van der Waals surface area (Å²) < 4.78 is 5.75. The van der Waals surface area contributed by atoms with Gasteiger partial charge in [-0.3, -0.25) is 4.98 Å². The normalized spacial score (nSPS) is 13.7. The molecule has 1 unspecified atom stereocenters. The Morgan fingerprint density at radius 1 is 1.22 bits per heavy atom. The lowest BCUT2D eigenvalue weighted by Crippen LogP contribution is -2.35. The molecule has 0 bridgehead atoms. The van der Waals surface area contributed by atoms with Crippen molar-refractivity contribution >= 4 is 0 Å². The molecule has 1 rings (SSSR count). The Morgan fingerprint density at radius 3 is 2.44 bits per heavy atom. The molecule has 0 fully saturated rings. The zero-order chi connectivity index (χ0) is 13.8. The molecule has 0 aliphatic rings. The van der Waals surface area contributed by atoms with E-state index in [9.17, 15) is 0 Å². The molecule has 102 valence electrons. The zero-order valence-electron chi connectivity index (χ0n) is 12.3. The summed E-state index contributed by atoms with van der Waals surface area (Å²) in [7, 11) is 0. The SMILES string of the molecule is CC(C)C(C)Oc1cncc(CNC(C)(C)C)n1. The van der Waals surface area contributed by atoms with Crippen LogP contribution in [0.2, 0.25) is 0 Å². The van der Waals surface area contributed by atoms with Crippen molar-refractivity contribution in [3.63, 3.8) is 0 Å². The quantitative estimate of drug-likeness (QED) is 0.874. The molecule has 0 amide bonds. The van der Waals surface area contributed by atoms with Gasteiger partial charge in [-0.15, -0.1) is 0 Å². The number of nitrogens with one attached hydrogen (secondary N) is 1. The van der Waals surface area contributed by atoms with Gasteiger partial charge in [-0.05, 0) is 33.6 Å². The first-order chi connectivity index (χ1) is 8.28. The second-order valence-electron chi connectivity index (χ2n) is 6.02. The number of nitrogens with zero attached hydrogens (tertiary/aromatic N) is 2. The highest BCUT2D eigenvalue weighted by molar-refractivity contribution is 5.09. The van der Waals surface area contributed by atoms with Crippen molar-refractivity contribution in [1.82, 2.24) is 15.3 Å². The molecule has 1 atom stereocenters. The Labute approximate surface area is 110 Å². The van der Waals surface area contributed by atoms with Gasteiger partial charge in [0.25, 0.3) is 0 Å². The average Bonchev–Trinajstić information content (AvgIpc) is 2.26. The fourth-order valence-corrected chi connectivity index (χ4v) is 1.21. The molecule has 0 saturated heterocycles. The van der Waals surface area contributed by atoms with Crippen LogP contribution in [0.3, 0.4) is 0 Å². The Kier molecular flexibility index (Phi) is 5.08. The van der Waals surface area contributed by atoms with E-state index < -0.39 is 0 Å². The second kappa shape index (κ2) is 6.14. The van der Waals surface area contributed by atoms with Gasteiger partial charge in [0.2, 0.25) is 5.88 Å². The van der Waals surface area contributed by atoms with Crippen LogP contribution in [-0.4, -0.2) is 21.6 Å². The van der Waals surface area contributed by atoms with Crippen LogP contribution in [0.4, 0.5) is 0 Å². The number of ether oxygens (including phenoxy) is 1. The van der Waals surface area contributed by atoms with Crippen LogP contribution in [0, 0.1) is 5.92 Å². The Morgan fingerprint density at radius 2 is 1.89 bits per heavy atom. The van der Waals surface area contributed by atoms with Crippen LogP contribution < -0.4 is 10.1 Å². The lowest BCUT2D eigenvalue weighted by molar-refractivity contribution is 0.162. The number of hydrogen-bond donors (Lipinski definition) is 1. The van der Waals surface area contributed by atoms with Gasteiger partial charge in [0.05, 0.1) is 18.0 Å². The number of hydrogen-bond acceptors (Lipinski definition) is 4. The molecule has 18 heavy (non-hydrogen) atoms. The minimum atomic E-state index is 0.0732. The maximum atomic E-state index is 5.75. The average molecular weight is 251 g/mol. The van der Waals surface area contributed by atoms with Crippen LogP contribution in [0.15, 0.2) is 12.4 Å². The molecule has 1 N–H and O–H groups in total. The summed E-state index contributed by atoms with van der Waals surface area (Å²) in [5.41, 5.74) is 0.974. The van der Waals surface area contributed by atoms with Gasteiger partial charge < -0.3 is 10.1 Å². The van der Waals surface area contributed by atoms with Crippen molar-refractivity contribution in [2.24, 2.45) is 5.92 Å². The number of rotatable bonds is 5. The summed E-state index contributed by atoms with van der Waals surface area (Å²) in [6.45, 7) is 13.4. The van der Waals surface area contributed by atoms with Crippen molar-refractivity contribution in [2.75, 3.05) is 0 Å². The van der Waals surface area contributed by atoms with Crippen LogP contribution >= 0.6 is 0 Å². The first-order valence-corrected chi connectivity index (χ1v) is 6.50. The second-order valence-corrected chi connectivity index (χ2v) is 6.02. The summed E-state index contributed by atoms with van der Waals surface area (Å²) in [6.07, 6.45) is 3.58. The van der Waals surface area contributed by atoms with E-state index in [-0.39, 0.29) is 11.6 Å². The Balaban J connectivity index is 2.62. The molecular weight excluding hydrogens is 226 g/mol. The zero-order valence-corrected chi connectivity index (χ0v) is 12.3. The Hall–Kier alpha value is -1.16. The largest absolute Gasteiger partial charge is 0.473 e. The monoisotopic (exact) mass is 251 g/mol. The van der Waals surface area contributed by atoms with Gasteiger partial charge >= 0.3 is 0 Å². The van der Waals surface area contributed by atoms with Gasteiger partial charge in [-0.1, -0.05) is 13.8 Å². The third kappa shape index (κ3) is 5.45. The molecule has 1 aromatic rings. The summed E-state index contributed by atoms with van der Waals surface area (Å²) in [5, 5.41) is 3.38. The molecule has 0 spiro atoms. The van der Waals surface area contributed by atoms with Crippen molar-refractivity contribution in [2.45, 2.75) is 59.7 Å². The van der Waals surface area contributed by atoms with Crippen molar-refractivity contribution in [3.05, 3.63) is 18.1 Å². The Bertz CT molecular complexity index is 372. The van der Waals surface area contributed by atoms with Crippen molar-refractivity contribution in [1.29, 1.82) is 0 Å². The molecule has 0 aliphatic heterocycles. The van der Waals surface area contributed by atoms with E-state index in [2.05, 4.69) is 49.9 Å². The van der Waals surface area contributed by atoms with Crippen molar-refractivity contribution < 1.29 is 4.74 Å². The van der Waals surface area contributed by atoms with Gasteiger partial charge in [0.15, 0.2) is 0 Å². The molecule has 0 radical (unpaired) electrons. The van der Waals surface area contributed by atoms with E-state index >= 15 is 0 Å². The summed E-state index contributed by atoms with van der Waals surface area (Å²) in [4.78, 5) is 8.62. The van der Waals surface area contributed by atoms with E-state index in [0.29, 0.717) is 18.3 Å². The van der Waals surface area contributed by atoms with Crippen molar-refractivity contribution in [3.8, 4) is 5.88 Å². The predicted octanol–water partition coefficient (Wildman–Crippen LogP) is 2.79. The maximum Gasteiger partial charge on any atom is 0.232 e. The molecule has 1 heterocycles. The highest BCUT2D eigenvalue weighted by atomic mass is 16.5. The van der Waals surface area contributed by atoms with Gasteiger partial charge in [0.1, 0.15) is 0 Å². The molecule has 4 heteroatoms. The van der Waals surface area contributed by atoms with Crippen LogP contribution in [0.25, 0.3) is 0 Å². The van der Waals surface area contributed by atoms with Gasteiger partial charge in [-0.25, -0.2) is 4.98 Å². The lowest BCUT2D eigenvalue weighted by atomic mass is 10.1. The van der Waals surface area contributed by atoms with Crippen LogP contribution in [0.1, 0.15) is 47.2 Å². The highest BCUT2D eigenvalue weighted by Gasteiger charge is 2.12. The number of aromatic nitrogens is 2.